The predicted molar refractivity (Wildman–Crippen MR) is 95.0 cm³/mol. The fraction of sp³-hybridized carbons (Fsp3) is 0.0588. The summed E-state index contributed by atoms with van der Waals surface area (Å²) in [6.07, 6.45) is 1.78. The average molecular weight is 328 g/mol. The van der Waals surface area contributed by atoms with E-state index < -0.39 is 0 Å². The van der Waals surface area contributed by atoms with E-state index in [4.69, 9.17) is 11.6 Å². The van der Waals surface area contributed by atoms with Gasteiger partial charge in [0.25, 0.3) is 0 Å². The Bertz CT molecular complexity index is 776. The molecule has 0 saturated heterocycles. The maximum atomic E-state index is 5.89. The number of benzene rings is 2. The van der Waals surface area contributed by atoms with Gasteiger partial charge in [0.05, 0.1) is 11.9 Å². The van der Waals surface area contributed by atoms with Crippen LogP contribution in [0.3, 0.4) is 0 Å². The second-order valence-corrected chi connectivity index (χ2v) is 6.12. The predicted octanol–water partition coefficient (Wildman–Crippen LogP) is 5.22. The molecule has 110 valence electrons. The number of anilines is 1. The molecule has 0 unspecified atom stereocenters. The normalized spacial score (nSPS) is 11.0. The molecule has 2 aromatic carbocycles. The number of hydrazone groups is 1. The van der Waals surface area contributed by atoms with E-state index >= 15 is 0 Å². The van der Waals surface area contributed by atoms with Crippen LogP contribution in [-0.2, 0) is 0 Å². The number of nitrogens with zero attached hydrogens (tertiary/aromatic N) is 2. The standard InChI is InChI=1S/C17H14ClN3S/c1-12-2-4-13(5-3-12)10-19-21-17-20-16(11-22-17)14-6-8-15(18)9-7-14/h2-11H,1H3,(H,20,21)/b19-10-. The van der Waals surface area contributed by atoms with Crippen LogP contribution in [0.1, 0.15) is 11.1 Å². The molecule has 0 atom stereocenters. The van der Waals surface area contributed by atoms with Crippen molar-refractivity contribution in [3.8, 4) is 11.3 Å². The van der Waals surface area contributed by atoms with E-state index in [-0.39, 0.29) is 0 Å². The molecule has 1 aromatic heterocycles. The highest BCUT2D eigenvalue weighted by molar-refractivity contribution is 7.14. The first kappa shape index (κ1) is 14.8. The summed E-state index contributed by atoms with van der Waals surface area (Å²) >= 11 is 7.41. The summed E-state index contributed by atoms with van der Waals surface area (Å²) in [6, 6.07) is 15.8. The van der Waals surface area contributed by atoms with Gasteiger partial charge in [0.2, 0.25) is 5.13 Å². The minimum atomic E-state index is 0.722. The Morgan fingerprint density at radius 2 is 1.82 bits per heavy atom. The van der Waals surface area contributed by atoms with Crippen LogP contribution in [0.2, 0.25) is 5.02 Å². The molecule has 1 heterocycles. The van der Waals surface area contributed by atoms with E-state index in [0.29, 0.717) is 0 Å². The molecule has 3 rings (SSSR count). The van der Waals surface area contributed by atoms with Crippen molar-refractivity contribution in [3.63, 3.8) is 0 Å². The molecule has 0 aliphatic heterocycles. The monoisotopic (exact) mass is 327 g/mol. The molecule has 0 radical (unpaired) electrons. The first-order valence-corrected chi connectivity index (χ1v) is 8.04. The van der Waals surface area contributed by atoms with E-state index in [1.54, 1.807) is 6.21 Å². The topological polar surface area (TPSA) is 37.3 Å². The smallest absolute Gasteiger partial charge is 0.203 e. The van der Waals surface area contributed by atoms with E-state index in [1.807, 2.05) is 41.8 Å². The van der Waals surface area contributed by atoms with Crippen LogP contribution < -0.4 is 5.43 Å². The molecule has 0 spiro atoms. The molecule has 0 aliphatic carbocycles. The Morgan fingerprint density at radius 1 is 1.09 bits per heavy atom. The molecular formula is C17H14ClN3S. The number of halogens is 1. The maximum absolute atomic E-state index is 5.89. The number of thiazole rings is 1. The van der Waals surface area contributed by atoms with Gasteiger partial charge < -0.3 is 0 Å². The van der Waals surface area contributed by atoms with Gasteiger partial charge in [0.15, 0.2) is 0 Å². The van der Waals surface area contributed by atoms with E-state index in [1.165, 1.54) is 16.9 Å². The summed E-state index contributed by atoms with van der Waals surface area (Å²) in [5, 5.41) is 7.69. The van der Waals surface area contributed by atoms with Crippen LogP contribution in [0, 0.1) is 6.92 Å². The molecule has 0 saturated carbocycles. The molecule has 3 nitrogen and oxygen atoms in total. The summed E-state index contributed by atoms with van der Waals surface area (Å²) in [4.78, 5) is 4.51. The molecule has 0 aliphatic rings. The lowest BCUT2D eigenvalue weighted by molar-refractivity contribution is 1.29. The number of rotatable bonds is 4. The summed E-state index contributed by atoms with van der Waals surface area (Å²) < 4.78 is 0. The van der Waals surface area contributed by atoms with Gasteiger partial charge >= 0.3 is 0 Å². The largest absolute Gasteiger partial charge is 0.253 e. The number of hydrogen-bond acceptors (Lipinski definition) is 4. The zero-order valence-corrected chi connectivity index (χ0v) is 13.5. The van der Waals surface area contributed by atoms with Gasteiger partial charge in [-0.25, -0.2) is 4.98 Å². The highest BCUT2D eigenvalue weighted by Gasteiger charge is 2.03. The maximum Gasteiger partial charge on any atom is 0.203 e. The van der Waals surface area contributed by atoms with Crippen LogP contribution >= 0.6 is 22.9 Å². The fourth-order valence-electron chi connectivity index (χ4n) is 1.89. The highest BCUT2D eigenvalue weighted by atomic mass is 35.5. The fourth-order valence-corrected chi connectivity index (χ4v) is 2.69. The lowest BCUT2D eigenvalue weighted by Gasteiger charge is -1.97. The molecule has 0 fully saturated rings. The summed E-state index contributed by atoms with van der Waals surface area (Å²) in [5.74, 6) is 0. The Morgan fingerprint density at radius 3 is 2.55 bits per heavy atom. The minimum absolute atomic E-state index is 0.722. The van der Waals surface area contributed by atoms with Gasteiger partial charge in [-0.05, 0) is 24.6 Å². The molecule has 3 aromatic rings. The van der Waals surface area contributed by atoms with Crippen molar-refractivity contribution in [2.24, 2.45) is 5.10 Å². The Kier molecular flexibility index (Phi) is 4.51. The quantitative estimate of drug-likeness (QED) is 0.527. The van der Waals surface area contributed by atoms with Gasteiger partial charge in [-0.15, -0.1) is 11.3 Å². The summed E-state index contributed by atoms with van der Waals surface area (Å²) in [7, 11) is 0. The molecule has 0 bridgehead atoms. The van der Waals surface area contributed by atoms with Crippen LogP contribution in [0.4, 0.5) is 5.13 Å². The molecule has 1 N–H and O–H groups in total. The Labute approximate surface area is 138 Å². The molecule has 5 heteroatoms. The van der Waals surface area contributed by atoms with E-state index in [9.17, 15) is 0 Å². The van der Waals surface area contributed by atoms with Gasteiger partial charge in [-0.1, -0.05) is 53.6 Å². The van der Waals surface area contributed by atoms with Crippen LogP contribution in [0.15, 0.2) is 59.0 Å². The second-order valence-electron chi connectivity index (χ2n) is 4.83. The van der Waals surface area contributed by atoms with Crippen LogP contribution in [0.5, 0.6) is 0 Å². The van der Waals surface area contributed by atoms with Gasteiger partial charge in [0.1, 0.15) is 0 Å². The third-order valence-electron chi connectivity index (χ3n) is 3.10. The van der Waals surface area contributed by atoms with Crippen molar-refractivity contribution in [3.05, 3.63) is 70.1 Å². The van der Waals surface area contributed by atoms with Gasteiger partial charge in [-0.3, -0.25) is 5.43 Å². The molecule has 0 amide bonds. The van der Waals surface area contributed by atoms with Crippen LogP contribution in [-0.4, -0.2) is 11.2 Å². The number of nitrogens with one attached hydrogen (secondary N) is 1. The zero-order valence-electron chi connectivity index (χ0n) is 12.0. The van der Waals surface area contributed by atoms with Crippen molar-refractivity contribution in [1.82, 2.24) is 4.98 Å². The Hall–Kier alpha value is -2.17. The van der Waals surface area contributed by atoms with E-state index in [0.717, 1.165) is 27.0 Å². The van der Waals surface area contributed by atoms with Crippen LogP contribution in [0.25, 0.3) is 11.3 Å². The summed E-state index contributed by atoms with van der Waals surface area (Å²) in [5.41, 5.74) is 7.19. The van der Waals surface area contributed by atoms with Crippen molar-refractivity contribution in [2.75, 3.05) is 5.43 Å². The SMILES string of the molecule is Cc1ccc(/C=N\Nc2nc(-c3ccc(Cl)cc3)cs2)cc1. The average Bonchev–Trinajstić information content (AvgIpc) is 2.99. The van der Waals surface area contributed by atoms with Crippen molar-refractivity contribution in [2.45, 2.75) is 6.92 Å². The zero-order chi connectivity index (χ0) is 15.4. The first-order valence-electron chi connectivity index (χ1n) is 6.78. The number of hydrogen-bond donors (Lipinski definition) is 1. The minimum Gasteiger partial charge on any atom is -0.253 e. The third-order valence-corrected chi connectivity index (χ3v) is 4.09. The summed E-state index contributed by atoms with van der Waals surface area (Å²) in [6.45, 7) is 2.06. The lowest BCUT2D eigenvalue weighted by Crippen LogP contribution is -1.90. The molecular weight excluding hydrogens is 314 g/mol. The number of aromatic nitrogens is 1. The van der Waals surface area contributed by atoms with Crippen molar-refractivity contribution >= 4 is 34.3 Å². The molecule has 22 heavy (non-hydrogen) atoms. The van der Waals surface area contributed by atoms with Crippen molar-refractivity contribution in [1.29, 1.82) is 0 Å². The van der Waals surface area contributed by atoms with Crippen molar-refractivity contribution < 1.29 is 0 Å². The Balaban J connectivity index is 1.66. The number of aryl methyl sites for hydroxylation is 1. The highest BCUT2D eigenvalue weighted by Crippen LogP contribution is 2.25. The first-order chi connectivity index (χ1) is 10.7. The van der Waals surface area contributed by atoms with E-state index in [2.05, 4.69) is 34.6 Å². The van der Waals surface area contributed by atoms with Gasteiger partial charge in [-0.2, -0.15) is 5.10 Å². The lowest BCUT2D eigenvalue weighted by atomic mass is 10.2. The third kappa shape index (κ3) is 3.72. The van der Waals surface area contributed by atoms with Gasteiger partial charge in [0, 0.05) is 16.0 Å². The second kappa shape index (κ2) is 6.73.